The molecule has 0 atom stereocenters. The van der Waals surface area contributed by atoms with Crippen LogP contribution >= 0.6 is 0 Å². The van der Waals surface area contributed by atoms with Crippen molar-refractivity contribution in [3.63, 3.8) is 0 Å². The molecule has 0 spiro atoms. The average Bonchev–Trinajstić information content (AvgIpc) is 2.97. The molecule has 0 aliphatic carbocycles. The van der Waals surface area contributed by atoms with Gasteiger partial charge in [-0.2, -0.15) is 6.07 Å². The van der Waals surface area contributed by atoms with Crippen molar-refractivity contribution in [2.45, 2.75) is 72.1 Å². The number of fused-ring (bicyclic) bond motifs is 1. The number of hydrogen-bond donors (Lipinski definition) is 0. The van der Waals surface area contributed by atoms with E-state index in [2.05, 4.69) is 104 Å². The Balaban J connectivity index is 0.00000261. The van der Waals surface area contributed by atoms with Crippen molar-refractivity contribution in [2.24, 2.45) is 0 Å². The fourth-order valence-corrected chi connectivity index (χ4v) is 3.49. The Morgan fingerprint density at radius 3 is 1.81 bits per heavy atom. The van der Waals surface area contributed by atoms with E-state index in [1.165, 1.54) is 38.6 Å². The quantitative estimate of drug-likeness (QED) is 0.452. The van der Waals surface area contributed by atoms with Crippen LogP contribution < -0.4 is 18.9 Å². The van der Waals surface area contributed by atoms with Gasteiger partial charge in [0.05, 0.1) is 0 Å². The van der Waals surface area contributed by atoms with Gasteiger partial charge in [0.25, 0.3) is 0 Å². The Kier molecular flexibility index (Phi) is 6.16. The molecule has 0 aliphatic heterocycles. The first-order valence-electron chi connectivity index (χ1n) is 9.82. The summed E-state index contributed by atoms with van der Waals surface area (Å²) in [6, 6.07) is 18.6. The van der Waals surface area contributed by atoms with Crippen molar-refractivity contribution in [3.8, 4) is 11.1 Å². The summed E-state index contributed by atoms with van der Waals surface area (Å²) in [4.78, 5) is 0. The normalized spacial score (nSPS) is 12.5. The van der Waals surface area contributed by atoms with Crippen LogP contribution in [0.3, 0.4) is 0 Å². The van der Waals surface area contributed by atoms with Crippen molar-refractivity contribution in [1.82, 2.24) is 0 Å². The molecule has 0 radical (unpaired) electrons. The summed E-state index contributed by atoms with van der Waals surface area (Å²) >= 11 is 0. The zero-order valence-corrected chi connectivity index (χ0v) is 18.7. The van der Waals surface area contributed by atoms with Gasteiger partial charge in [0.2, 0.25) is 0 Å². The second kappa shape index (κ2) is 7.58. The summed E-state index contributed by atoms with van der Waals surface area (Å²) in [5.74, 6) is 0.557. The van der Waals surface area contributed by atoms with Gasteiger partial charge in [0.1, 0.15) is 0 Å². The molecule has 27 heavy (non-hydrogen) atoms. The molecule has 0 heterocycles. The second-order valence-electron chi connectivity index (χ2n) is 10.1. The largest absolute Gasteiger partial charge is 1.00 e. The van der Waals surface area contributed by atoms with Crippen molar-refractivity contribution in [3.05, 3.63) is 65.2 Å². The average molecular weight is 352 g/mol. The number of benzene rings is 2. The minimum Gasteiger partial charge on any atom is -0.164 e. The van der Waals surface area contributed by atoms with Crippen LogP contribution in [0.1, 0.15) is 78.0 Å². The molecule has 0 bridgehead atoms. The smallest absolute Gasteiger partial charge is 0.164 e. The molecule has 1 heteroatoms. The Morgan fingerprint density at radius 1 is 0.778 bits per heavy atom. The molecule has 3 rings (SSSR count). The van der Waals surface area contributed by atoms with Crippen LogP contribution in [-0.4, -0.2) is 0 Å². The molecule has 0 unspecified atom stereocenters. The predicted molar refractivity (Wildman–Crippen MR) is 116 cm³/mol. The van der Waals surface area contributed by atoms with Gasteiger partial charge >= 0.3 is 18.9 Å². The van der Waals surface area contributed by atoms with Crippen LogP contribution in [0.4, 0.5) is 0 Å². The third-order valence-electron chi connectivity index (χ3n) is 5.42. The monoisotopic (exact) mass is 352 g/mol. The first-order chi connectivity index (χ1) is 12.0. The first kappa shape index (κ1) is 21.9. The van der Waals surface area contributed by atoms with Gasteiger partial charge in [-0.3, -0.25) is 0 Å². The summed E-state index contributed by atoms with van der Waals surface area (Å²) in [7, 11) is 0. The van der Waals surface area contributed by atoms with Gasteiger partial charge in [-0.25, -0.2) is 0 Å². The van der Waals surface area contributed by atoms with E-state index < -0.39 is 0 Å². The van der Waals surface area contributed by atoms with Crippen LogP contribution in [0.15, 0.2) is 48.5 Å². The van der Waals surface area contributed by atoms with Gasteiger partial charge < -0.3 is 0 Å². The molecule has 0 saturated heterocycles. The summed E-state index contributed by atoms with van der Waals surface area (Å²) in [6.07, 6.45) is 0. The minimum atomic E-state index is 0. The molecule has 3 aromatic rings. The summed E-state index contributed by atoms with van der Waals surface area (Å²) in [6.45, 7) is 18.4. The van der Waals surface area contributed by atoms with Crippen LogP contribution in [0.2, 0.25) is 0 Å². The van der Waals surface area contributed by atoms with Crippen LogP contribution in [-0.2, 0) is 10.8 Å². The Hall–Kier alpha value is -1.35. The predicted octanol–water partition coefficient (Wildman–Crippen LogP) is 4.95. The maximum absolute atomic E-state index is 2.40. The van der Waals surface area contributed by atoms with Gasteiger partial charge in [0.15, 0.2) is 0 Å². The topological polar surface area (TPSA) is 0 Å². The zero-order valence-electron chi connectivity index (χ0n) is 18.7. The molecule has 0 aromatic heterocycles. The molecule has 0 saturated carbocycles. The van der Waals surface area contributed by atoms with Crippen molar-refractivity contribution >= 4 is 10.8 Å². The maximum atomic E-state index is 2.40. The van der Waals surface area contributed by atoms with Crippen LogP contribution in [0.5, 0.6) is 0 Å². The number of rotatable bonds is 2. The number of hydrogen-bond acceptors (Lipinski definition) is 0. The molecule has 0 fully saturated rings. The zero-order chi connectivity index (χ0) is 19.3. The molecule has 138 valence electrons. The van der Waals surface area contributed by atoms with E-state index in [4.69, 9.17) is 0 Å². The fraction of sp³-hybridized carbons (Fsp3) is 0.423. The van der Waals surface area contributed by atoms with E-state index in [0.717, 1.165) is 0 Å². The molecule has 0 nitrogen and oxygen atoms in total. The van der Waals surface area contributed by atoms with E-state index in [-0.39, 0.29) is 29.7 Å². The fourth-order valence-electron chi connectivity index (χ4n) is 3.49. The molecule has 0 aliphatic rings. The molecule has 3 aromatic carbocycles. The van der Waals surface area contributed by atoms with E-state index in [1.807, 2.05) is 0 Å². The van der Waals surface area contributed by atoms with E-state index in [1.54, 1.807) is 0 Å². The minimum absolute atomic E-state index is 0. The molecule has 0 amide bonds. The van der Waals surface area contributed by atoms with Gasteiger partial charge in [-0.05, 0) is 33.4 Å². The van der Waals surface area contributed by atoms with Gasteiger partial charge in [-0.15, -0.1) is 34.5 Å². The summed E-state index contributed by atoms with van der Waals surface area (Å²) < 4.78 is 0. The van der Waals surface area contributed by atoms with Crippen molar-refractivity contribution in [2.75, 3.05) is 0 Å². The second-order valence-corrected chi connectivity index (χ2v) is 10.1. The third-order valence-corrected chi connectivity index (χ3v) is 5.42. The van der Waals surface area contributed by atoms with E-state index >= 15 is 0 Å². The first-order valence-corrected chi connectivity index (χ1v) is 9.82. The van der Waals surface area contributed by atoms with Crippen molar-refractivity contribution in [1.29, 1.82) is 0 Å². The SMILES string of the molecule is CC(C)c1cc2c(-c3cc(C(C)(C)C)cc(C(C)(C)C)c3)cccc2[cH-]1.[Li+]. The Morgan fingerprint density at radius 2 is 1.33 bits per heavy atom. The van der Waals surface area contributed by atoms with Crippen LogP contribution in [0.25, 0.3) is 21.9 Å². The standard InChI is InChI=1S/C26H33.Li/c1-17(2)19-12-18-10-9-11-23(24(18)15-19)20-13-21(25(3,4)5)16-22(14-20)26(6,7)8;/h9-17H,1-8H3;/q-1;+1. The molecular weight excluding hydrogens is 319 g/mol. The van der Waals surface area contributed by atoms with Gasteiger partial charge in [0, 0.05) is 0 Å². The molecule has 0 N–H and O–H groups in total. The van der Waals surface area contributed by atoms with Crippen molar-refractivity contribution < 1.29 is 18.9 Å². The van der Waals surface area contributed by atoms with E-state index in [9.17, 15) is 0 Å². The summed E-state index contributed by atoms with van der Waals surface area (Å²) in [5, 5.41) is 2.73. The van der Waals surface area contributed by atoms with Gasteiger partial charge in [-0.1, -0.05) is 85.2 Å². The Labute approximate surface area is 177 Å². The molecular formula is C26H33Li. The Bertz CT molecular complexity index is 895. The third kappa shape index (κ3) is 4.56. The van der Waals surface area contributed by atoms with Crippen LogP contribution in [0, 0.1) is 0 Å². The summed E-state index contributed by atoms with van der Waals surface area (Å²) in [5.41, 5.74) is 7.22. The van der Waals surface area contributed by atoms with E-state index in [0.29, 0.717) is 5.92 Å². The maximum Gasteiger partial charge on any atom is 1.00 e.